The Morgan fingerprint density at radius 2 is 2.19 bits per heavy atom. The van der Waals surface area contributed by atoms with Gasteiger partial charge < -0.3 is 15.1 Å². The molecule has 0 spiro atoms. The van der Waals surface area contributed by atoms with Crippen LogP contribution in [0.15, 0.2) is 18.2 Å². The fourth-order valence-electron chi connectivity index (χ4n) is 1.84. The van der Waals surface area contributed by atoms with Crippen molar-refractivity contribution < 1.29 is 15.0 Å². The number of phenolic OH excluding ortho intramolecular Hbond substituents is 1. The first-order chi connectivity index (χ1) is 7.61. The van der Waals surface area contributed by atoms with Crippen LogP contribution in [0.2, 0.25) is 0 Å². The van der Waals surface area contributed by atoms with E-state index in [1.54, 1.807) is 23.1 Å². The predicted molar refractivity (Wildman–Crippen MR) is 59.3 cm³/mol. The van der Waals surface area contributed by atoms with E-state index in [1.807, 2.05) is 6.92 Å². The van der Waals surface area contributed by atoms with Gasteiger partial charge in [-0.05, 0) is 24.6 Å². The number of rotatable bonds is 2. The van der Waals surface area contributed by atoms with Crippen LogP contribution in [0.4, 0.5) is 0 Å². The molecule has 1 aliphatic rings. The van der Waals surface area contributed by atoms with Crippen molar-refractivity contribution >= 4 is 5.91 Å². The number of hydrogen-bond acceptors (Lipinski definition) is 3. The minimum atomic E-state index is -0.165. The zero-order valence-corrected chi connectivity index (χ0v) is 9.18. The Bertz CT molecular complexity index is 411. The maximum atomic E-state index is 11.9. The van der Waals surface area contributed by atoms with Crippen LogP contribution in [0, 0.1) is 12.8 Å². The molecule has 1 aromatic rings. The third-order valence-electron chi connectivity index (χ3n) is 2.89. The molecule has 16 heavy (non-hydrogen) atoms. The molecule has 2 rings (SSSR count). The van der Waals surface area contributed by atoms with Crippen molar-refractivity contribution in [2.75, 3.05) is 19.7 Å². The summed E-state index contributed by atoms with van der Waals surface area (Å²) in [6.07, 6.45) is 0. The summed E-state index contributed by atoms with van der Waals surface area (Å²) in [5, 5.41) is 18.5. The Labute approximate surface area is 94.1 Å². The maximum Gasteiger partial charge on any atom is 0.257 e. The number of aryl methyl sites for hydroxylation is 1. The van der Waals surface area contributed by atoms with Crippen molar-refractivity contribution in [1.29, 1.82) is 0 Å². The lowest BCUT2D eigenvalue weighted by molar-refractivity contribution is 0.0359. The zero-order chi connectivity index (χ0) is 11.7. The first kappa shape index (κ1) is 11.0. The monoisotopic (exact) mass is 221 g/mol. The molecular formula is C12H15NO3. The Kier molecular flexibility index (Phi) is 2.83. The molecule has 0 bridgehead atoms. The van der Waals surface area contributed by atoms with Gasteiger partial charge in [-0.15, -0.1) is 0 Å². The molecule has 0 radical (unpaired) electrons. The van der Waals surface area contributed by atoms with Gasteiger partial charge in [0.05, 0.1) is 5.56 Å². The molecule has 1 heterocycles. The Morgan fingerprint density at radius 3 is 2.75 bits per heavy atom. The molecule has 86 valence electrons. The van der Waals surface area contributed by atoms with Gasteiger partial charge in [-0.3, -0.25) is 4.79 Å². The number of likely N-dealkylation sites (tertiary alicyclic amines) is 1. The number of aromatic hydroxyl groups is 1. The average molecular weight is 221 g/mol. The maximum absolute atomic E-state index is 11.9. The number of benzene rings is 1. The molecule has 1 aliphatic heterocycles. The number of hydrogen-bond donors (Lipinski definition) is 2. The number of phenols is 1. The number of carbonyl (C=O) groups is 1. The van der Waals surface area contributed by atoms with E-state index in [0.29, 0.717) is 18.7 Å². The summed E-state index contributed by atoms with van der Waals surface area (Å²) in [7, 11) is 0. The fourth-order valence-corrected chi connectivity index (χ4v) is 1.84. The van der Waals surface area contributed by atoms with Crippen LogP contribution in [-0.4, -0.2) is 40.7 Å². The molecular weight excluding hydrogens is 206 g/mol. The van der Waals surface area contributed by atoms with Gasteiger partial charge >= 0.3 is 0 Å². The van der Waals surface area contributed by atoms with E-state index in [4.69, 9.17) is 5.11 Å². The molecule has 0 aromatic heterocycles. The topological polar surface area (TPSA) is 60.8 Å². The molecule has 0 saturated carbocycles. The number of aliphatic hydroxyl groups is 1. The number of aliphatic hydroxyl groups excluding tert-OH is 1. The van der Waals surface area contributed by atoms with Crippen molar-refractivity contribution in [1.82, 2.24) is 4.90 Å². The van der Waals surface area contributed by atoms with Crippen molar-refractivity contribution in [3.8, 4) is 5.75 Å². The van der Waals surface area contributed by atoms with Crippen LogP contribution < -0.4 is 0 Å². The molecule has 1 fully saturated rings. The van der Waals surface area contributed by atoms with E-state index in [9.17, 15) is 9.90 Å². The first-order valence-corrected chi connectivity index (χ1v) is 5.31. The quantitative estimate of drug-likeness (QED) is 0.775. The molecule has 4 heteroatoms. The minimum absolute atomic E-state index is 0.0254. The molecule has 0 aliphatic carbocycles. The van der Waals surface area contributed by atoms with Gasteiger partial charge in [-0.25, -0.2) is 0 Å². The van der Waals surface area contributed by atoms with E-state index >= 15 is 0 Å². The van der Waals surface area contributed by atoms with Crippen LogP contribution in [0.1, 0.15) is 15.9 Å². The third kappa shape index (κ3) is 1.88. The summed E-state index contributed by atoms with van der Waals surface area (Å²) >= 11 is 0. The summed E-state index contributed by atoms with van der Waals surface area (Å²) in [5.41, 5.74) is 1.26. The van der Waals surface area contributed by atoms with Crippen LogP contribution in [-0.2, 0) is 0 Å². The largest absolute Gasteiger partial charge is 0.507 e. The highest BCUT2D eigenvalue weighted by Crippen LogP contribution is 2.24. The Hall–Kier alpha value is -1.55. The van der Waals surface area contributed by atoms with E-state index in [1.165, 1.54) is 0 Å². The molecule has 4 nitrogen and oxygen atoms in total. The van der Waals surface area contributed by atoms with E-state index in [-0.39, 0.29) is 24.2 Å². The second-order valence-corrected chi connectivity index (χ2v) is 4.28. The van der Waals surface area contributed by atoms with Gasteiger partial charge in [0, 0.05) is 25.6 Å². The van der Waals surface area contributed by atoms with Crippen LogP contribution in [0.3, 0.4) is 0 Å². The summed E-state index contributed by atoms with van der Waals surface area (Å²) in [6, 6.07) is 5.02. The van der Waals surface area contributed by atoms with Crippen molar-refractivity contribution in [2.24, 2.45) is 5.92 Å². The molecule has 1 saturated heterocycles. The molecule has 1 aromatic carbocycles. The summed E-state index contributed by atoms with van der Waals surface area (Å²) in [4.78, 5) is 13.5. The summed E-state index contributed by atoms with van der Waals surface area (Å²) in [6.45, 7) is 3.12. The number of amides is 1. The van der Waals surface area contributed by atoms with Gasteiger partial charge in [-0.2, -0.15) is 0 Å². The Morgan fingerprint density at radius 1 is 1.50 bits per heavy atom. The van der Waals surface area contributed by atoms with E-state index in [2.05, 4.69) is 0 Å². The normalized spacial score (nSPS) is 16.0. The van der Waals surface area contributed by atoms with Crippen molar-refractivity contribution in [3.63, 3.8) is 0 Å². The molecule has 2 N–H and O–H groups in total. The van der Waals surface area contributed by atoms with Gasteiger partial charge in [-0.1, -0.05) is 6.07 Å². The van der Waals surface area contributed by atoms with Crippen LogP contribution in [0.5, 0.6) is 5.75 Å². The highest BCUT2D eigenvalue weighted by Gasteiger charge is 2.31. The van der Waals surface area contributed by atoms with Crippen LogP contribution in [0.25, 0.3) is 0 Å². The van der Waals surface area contributed by atoms with Crippen molar-refractivity contribution in [2.45, 2.75) is 6.92 Å². The smallest absolute Gasteiger partial charge is 0.257 e. The zero-order valence-electron chi connectivity index (χ0n) is 9.18. The SMILES string of the molecule is Cc1ccc(C(=O)N2CC(CO)C2)c(O)c1. The lowest BCUT2D eigenvalue weighted by Gasteiger charge is -2.38. The third-order valence-corrected chi connectivity index (χ3v) is 2.89. The standard InChI is InChI=1S/C12H15NO3/c1-8-2-3-10(11(15)4-8)12(16)13-5-9(6-13)7-14/h2-4,9,14-15H,5-7H2,1H3. The van der Waals surface area contributed by atoms with Crippen LogP contribution >= 0.6 is 0 Å². The number of carbonyl (C=O) groups excluding carboxylic acids is 1. The Balaban J connectivity index is 2.10. The first-order valence-electron chi connectivity index (χ1n) is 5.31. The lowest BCUT2D eigenvalue weighted by atomic mass is 9.99. The second-order valence-electron chi connectivity index (χ2n) is 4.28. The average Bonchev–Trinajstić information content (AvgIpc) is 2.15. The molecule has 1 amide bonds. The van der Waals surface area contributed by atoms with E-state index in [0.717, 1.165) is 5.56 Å². The summed E-state index contributed by atoms with van der Waals surface area (Å²) in [5.74, 6) is 0.0520. The highest BCUT2D eigenvalue weighted by molar-refractivity contribution is 5.97. The van der Waals surface area contributed by atoms with Gasteiger partial charge in [0.1, 0.15) is 5.75 Å². The van der Waals surface area contributed by atoms with Gasteiger partial charge in [0.2, 0.25) is 0 Å². The fraction of sp³-hybridized carbons (Fsp3) is 0.417. The highest BCUT2D eigenvalue weighted by atomic mass is 16.3. The van der Waals surface area contributed by atoms with E-state index < -0.39 is 0 Å². The second kappa shape index (κ2) is 4.14. The molecule has 0 atom stereocenters. The van der Waals surface area contributed by atoms with Gasteiger partial charge in [0.15, 0.2) is 0 Å². The minimum Gasteiger partial charge on any atom is -0.507 e. The van der Waals surface area contributed by atoms with Gasteiger partial charge in [0.25, 0.3) is 5.91 Å². The molecule has 0 unspecified atom stereocenters. The number of nitrogens with zero attached hydrogens (tertiary/aromatic N) is 1. The predicted octanol–water partition coefficient (Wildman–Crippen LogP) is 0.765. The lowest BCUT2D eigenvalue weighted by Crippen LogP contribution is -2.51. The summed E-state index contributed by atoms with van der Waals surface area (Å²) < 4.78 is 0. The van der Waals surface area contributed by atoms with Crippen molar-refractivity contribution in [3.05, 3.63) is 29.3 Å².